The molecule has 2 heterocycles. The number of piperidine rings is 1. The summed E-state index contributed by atoms with van der Waals surface area (Å²) in [6, 6.07) is 12.5. The summed E-state index contributed by atoms with van der Waals surface area (Å²) in [5, 5.41) is 3.43. The molecule has 2 aromatic rings. The van der Waals surface area contributed by atoms with E-state index in [1.165, 1.54) is 17.7 Å². The third-order valence-electron chi connectivity index (χ3n) is 4.71. The van der Waals surface area contributed by atoms with Crippen LogP contribution in [-0.2, 0) is 4.57 Å². The van der Waals surface area contributed by atoms with Crippen LogP contribution < -0.4 is 34.2 Å². The van der Waals surface area contributed by atoms with Gasteiger partial charge in [0.15, 0.2) is 11.5 Å². The van der Waals surface area contributed by atoms with Crippen LogP contribution in [-0.4, -0.2) is 26.5 Å². The number of hydrogen-bond acceptors (Lipinski definition) is 8. The van der Waals surface area contributed by atoms with Crippen molar-refractivity contribution in [3.05, 3.63) is 53.8 Å². The van der Waals surface area contributed by atoms with Gasteiger partial charge in [0.25, 0.3) is 0 Å². The Kier molecular flexibility index (Phi) is 7.10. The highest BCUT2D eigenvalue weighted by Gasteiger charge is 2.27. The molecular formula is C19H20FNO7P-3. The summed E-state index contributed by atoms with van der Waals surface area (Å²) < 4.78 is 38.4. The van der Waals surface area contributed by atoms with E-state index in [1.807, 2.05) is 30.3 Å². The Bertz CT molecular complexity index is 850. The number of rotatable bonds is 4. The predicted molar refractivity (Wildman–Crippen MR) is 95.8 cm³/mol. The van der Waals surface area contributed by atoms with Gasteiger partial charge in [-0.25, -0.2) is 4.39 Å². The molecule has 0 aliphatic carbocycles. The SMILES string of the molecule is Fc1ccc([C@@H]2CCNC[C@H]2COc2ccc3c(c2)OCO3)cc1.O=P([O-])([O-])[O-]. The van der Waals surface area contributed by atoms with Gasteiger partial charge in [-0.2, -0.15) is 7.82 Å². The molecule has 4 rings (SSSR count). The van der Waals surface area contributed by atoms with Crippen molar-refractivity contribution in [1.82, 2.24) is 5.32 Å². The van der Waals surface area contributed by atoms with Crippen molar-refractivity contribution in [3.63, 3.8) is 0 Å². The van der Waals surface area contributed by atoms with E-state index < -0.39 is 7.82 Å². The average molecular weight is 424 g/mol. The molecule has 0 amide bonds. The van der Waals surface area contributed by atoms with E-state index in [0.717, 1.165) is 36.8 Å². The number of nitrogens with one attached hydrogen (secondary N) is 1. The first-order valence-electron chi connectivity index (χ1n) is 9.01. The van der Waals surface area contributed by atoms with Crippen LogP contribution >= 0.6 is 7.82 Å². The van der Waals surface area contributed by atoms with Gasteiger partial charge in [0.05, 0.1) is 6.61 Å². The third-order valence-corrected chi connectivity index (χ3v) is 4.71. The van der Waals surface area contributed by atoms with Crippen LogP contribution in [0.25, 0.3) is 0 Å². The Morgan fingerprint density at radius 1 is 1.10 bits per heavy atom. The van der Waals surface area contributed by atoms with Gasteiger partial charge in [0, 0.05) is 18.5 Å². The standard InChI is InChI=1S/C19H20FNO3.H3O4P/c20-15-3-1-13(2-4-15)17-7-8-21-10-14(17)11-22-16-5-6-18-19(9-16)24-12-23-18;1-5(2,3)4/h1-6,9,14,17,21H,7-8,10-12H2;(H3,1,2,3,4)/p-3/t14-,17-;/m0./s1. The van der Waals surface area contributed by atoms with E-state index in [2.05, 4.69) is 5.32 Å². The summed E-state index contributed by atoms with van der Waals surface area (Å²) in [7, 11) is -5.39. The lowest BCUT2D eigenvalue weighted by atomic mass is 9.81. The Balaban J connectivity index is 0.000000431. The van der Waals surface area contributed by atoms with E-state index in [-0.39, 0.29) is 12.6 Å². The molecule has 1 fully saturated rings. The molecule has 0 saturated carbocycles. The van der Waals surface area contributed by atoms with Gasteiger partial charge >= 0.3 is 0 Å². The Labute approximate surface area is 167 Å². The molecule has 0 aromatic heterocycles. The van der Waals surface area contributed by atoms with Crippen molar-refractivity contribution in [2.45, 2.75) is 12.3 Å². The van der Waals surface area contributed by atoms with Crippen LogP contribution in [0, 0.1) is 11.7 Å². The Morgan fingerprint density at radius 3 is 2.52 bits per heavy atom. The number of halogens is 1. The minimum absolute atomic E-state index is 0.194. The molecule has 0 radical (unpaired) electrons. The Hall–Kier alpha value is -2.16. The minimum Gasteiger partial charge on any atom is -0.822 e. The second-order valence-corrected chi connectivity index (χ2v) is 7.58. The lowest BCUT2D eigenvalue weighted by Crippen LogP contribution is -2.38. The molecule has 8 nitrogen and oxygen atoms in total. The maximum atomic E-state index is 13.2. The largest absolute Gasteiger partial charge is 0.822 e. The highest BCUT2D eigenvalue weighted by molar-refractivity contribution is 7.40. The van der Waals surface area contributed by atoms with Crippen LogP contribution in [0.15, 0.2) is 42.5 Å². The van der Waals surface area contributed by atoms with Gasteiger partial charge in [0.1, 0.15) is 11.6 Å². The lowest BCUT2D eigenvalue weighted by Gasteiger charge is -2.36. The summed E-state index contributed by atoms with van der Waals surface area (Å²) in [5.74, 6) is 2.79. The van der Waals surface area contributed by atoms with E-state index in [0.29, 0.717) is 18.4 Å². The van der Waals surface area contributed by atoms with Crippen molar-refractivity contribution in [3.8, 4) is 17.2 Å². The van der Waals surface area contributed by atoms with Gasteiger partial charge < -0.3 is 38.8 Å². The van der Waals surface area contributed by atoms with Crippen molar-refractivity contribution >= 4 is 7.82 Å². The number of ether oxygens (including phenoxy) is 3. The molecule has 2 aliphatic rings. The summed E-state index contributed by atoms with van der Waals surface area (Å²) in [6.07, 6.45) is 1.03. The highest BCUT2D eigenvalue weighted by Crippen LogP contribution is 2.36. The highest BCUT2D eigenvalue weighted by atomic mass is 31.2. The van der Waals surface area contributed by atoms with Crippen molar-refractivity contribution in [1.29, 1.82) is 0 Å². The molecule has 10 heteroatoms. The van der Waals surface area contributed by atoms with Crippen LogP contribution in [0.3, 0.4) is 0 Å². The second-order valence-electron chi connectivity index (χ2n) is 6.68. The molecule has 2 atom stereocenters. The number of benzene rings is 2. The molecule has 0 unspecified atom stereocenters. The Morgan fingerprint density at radius 2 is 1.79 bits per heavy atom. The van der Waals surface area contributed by atoms with Gasteiger partial charge in [-0.15, -0.1) is 0 Å². The van der Waals surface area contributed by atoms with Crippen molar-refractivity contribution in [2.75, 3.05) is 26.5 Å². The van der Waals surface area contributed by atoms with Crippen molar-refractivity contribution in [2.24, 2.45) is 5.92 Å². The zero-order valence-electron chi connectivity index (χ0n) is 15.4. The van der Waals surface area contributed by atoms with E-state index in [4.69, 9.17) is 33.5 Å². The maximum absolute atomic E-state index is 13.2. The monoisotopic (exact) mass is 424 g/mol. The molecule has 0 spiro atoms. The van der Waals surface area contributed by atoms with Crippen LogP contribution in [0.2, 0.25) is 0 Å². The minimum atomic E-state index is -5.39. The van der Waals surface area contributed by atoms with E-state index >= 15 is 0 Å². The predicted octanol–water partition coefficient (Wildman–Crippen LogP) is 0.502. The fourth-order valence-electron chi connectivity index (χ4n) is 3.42. The number of hydrogen-bond donors (Lipinski definition) is 1. The maximum Gasteiger partial charge on any atom is 0.231 e. The quantitative estimate of drug-likeness (QED) is 0.704. The molecule has 29 heavy (non-hydrogen) atoms. The molecule has 158 valence electrons. The fraction of sp³-hybridized carbons (Fsp3) is 0.368. The second kappa shape index (κ2) is 9.56. The first-order chi connectivity index (χ1) is 13.8. The summed E-state index contributed by atoms with van der Waals surface area (Å²) in [5.41, 5.74) is 1.18. The number of fused-ring (bicyclic) bond motifs is 1. The first-order valence-corrected chi connectivity index (χ1v) is 10.5. The van der Waals surface area contributed by atoms with Crippen LogP contribution in [0.5, 0.6) is 17.2 Å². The molecule has 2 aliphatic heterocycles. The molecule has 1 saturated heterocycles. The molecule has 2 aromatic carbocycles. The van der Waals surface area contributed by atoms with Gasteiger partial charge in [-0.1, -0.05) is 12.1 Å². The number of phosphoric acid groups is 1. The topological polar surface area (TPSA) is 126 Å². The third kappa shape index (κ3) is 6.69. The fourth-order valence-corrected chi connectivity index (χ4v) is 3.42. The summed E-state index contributed by atoms with van der Waals surface area (Å²) in [6.45, 7) is 2.74. The van der Waals surface area contributed by atoms with Gasteiger partial charge in [0.2, 0.25) is 6.79 Å². The van der Waals surface area contributed by atoms with E-state index in [9.17, 15) is 4.39 Å². The summed E-state index contributed by atoms with van der Waals surface area (Å²) >= 11 is 0. The van der Waals surface area contributed by atoms with Crippen LogP contribution in [0.1, 0.15) is 17.9 Å². The van der Waals surface area contributed by atoms with E-state index in [1.54, 1.807) is 0 Å². The zero-order valence-corrected chi connectivity index (χ0v) is 16.3. The van der Waals surface area contributed by atoms with Gasteiger partial charge in [-0.3, -0.25) is 0 Å². The molecule has 1 N–H and O–H groups in total. The smallest absolute Gasteiger partial charge is 0.231 e. The zero-order chi connectivity index (χ0) is 20.9. The summed E-state index contributed by atoms with van der Waals surface area (Å²) in [4.78, 5) is 25.6. The lowest BCUT2D eigenvalue weighted by molar-refractivity contribution is -0.432. The van der Waals surface area contributed by atoms with Crippen LogP contribution in [0.4, 0.5) is 4.39 Å². The average Bonchev–Trinajstić information content (AvgIpc) is 3.14. The molecule has 0 bridgehead atoms. The molecular weight excluding hydrogens is 404 g/mol. The first kappa shape index (κ1) is 21.5. The van der Waals surface area contributed by atoms with Crippen molar-refractivity contribution < 1.29 is 37.8 Å². The van der Waals surface area contributed by atoms with Gasteiger partial charge in [-0.05, 0) is 48.7 Å². The normalized spacial score (nSPS) is 20.6.